The summed E-state index contributed by atoms with van der Waals surface area (Å²) in [5.74, 6) is -0.797. The van der Waals surface area contributed by atoms with E-state index in [9.17, 15) is 0 Å². The molecule has 4 aromatic rings. The Hall–Kier alpha value is -1.81. The first kappa shape index (κ1) is 23.6. The van der Waals surface area contributed by atoms with Crippen LogP contribution in [0.5, 0.6) is 0 Å². The number of hydrogen-bond donors (Lipinski definition) is 0. The molecule has 1 spiro atoms. The molecule has 0 bridgehead atoms. The van der Waals surface area contributed by atoms with Crippen LogP contribution in [0.25, 0.3) is 10.1 Å². The minimum atomic E-state index is -0.797. The monoisotopic (exact) mass is 598 g/mol. The average Bonchev–Trinajstić information content (AvgIpc) is 3.42. The predicted molar refractivity (Wildman–Crippen MR) is 146 cm³/mol. The Kier molecular flexibility index (Phi) is 6.93. The SMILES string of the molecule is Ic1csc2cc3c(cc12)[C@]1(CC(OCc2ccccc2)C[C@@H](COCc2ccccc2)O1)OC3. The summed E-state index contributed by atoms with van der Waals surface area (Å²) in [6.45, 7) is 2.20. The summed E-state index contributed by atoms with van der Waals surface area (Å²) in [5, 5.41) is 3.48. The first-order chi connectivity index (χ1) is 17.2. The van der Waals surface area contributed by atoms with Crippen LogP contribution < -0.4 is 0 Å². The molecule has 3 aromatic carbocycles. The highest BCUT2D eigenvalue weighted by molar-refractivity contribution is 14.1. The van der Waals surface area contributed by atoms with Crippen LogP contribution in [-0.2, 0) is 44.6 Å². The highest BCUT2D eigenvalue weighted by Gasteiger charge is 2.49. The first-order valence-corrected chi connectivity index (χ1v) is 13.9. The zero-order valence-electron chi connectivity index (χ0n) is 19.3. The largest absolute Gasteiger partial charge is 0.374 e. The van der Waals surface area contributed by atoms with Crippen molar-refractivity contribution in [2.24, 2.45) is 0 Å². The van der Waals surface area contributed by atoms with E-state index in [0.717, 1.165) is 17.5 Å². The zero-order valence-corrected chi connectivity index (χ0v) is 22.3. The molecule has 0 amide bonds. The third kappa shape index (κ3) is 5.05. The number of rotatable bonds is 7. The smallest absolute Gasteiger partial charge is 0.198 e. The third-order valence-corrected chi connectivity index (χ3v) is 9.01. The zero-order chi connectivity index (χ0) is 23.7. The lowest BCUT2D eigenvalue weighted by molar-refractivity contribution is -0.309. The maximum atomic E-state index is 6.72. The lowest BCUT2D eigenvalue weighted by Crippen LogP contribution is -2.46. The van der Waals surface area contributed by atoms with E-state index in [1.807, 2.05) is 24.3 Å². The van der Waals surface area contributed by atoms with Gasteiger partial charge in [-0.15, -0.1) is 11.3 Å². The van der Waals surface area contributed by atoms with E-state index in [1.165, 1.54) is 24.8 Å². The van der Waals surface area contributed by atoms with Crippen LogP contribution in [-0.4, -0.2) is 18.8 Å². The van der Waals surface area contributed by atoms with Crippen molar-refractivity contribution >= 4 is 44.0 Å². The normalized spacial score (nSPS) is 23.7. The molecular formula is C29H27IO4S. The van der Waals surface area contributed by atoms with Gasteiger partial charge in [-0.2, -0.15) is 0 Å². The molecule has 1 unspecified atom stereocenters. The third-order valence-electron chi connectivity index (χ3n) is 6.75. The number of benzene rings is 3. The predicted octanol–water partition coefficient (Wildman–Crippen LogP) is 7.17. The Bertz CT molecular complexity index is 1290. The number of hydrogen-bond acceptors (Lipinski definition) is 5. The van der Waals surface area contributed by atoms with Crippen molar-refractivity contribution in [1.29, 1.82) is 0 Å². The summed E-state index contributed by atoms with van der Waals surface area (Å²) >= 11 is 4.20. The van der Waals surface area contributed by atoms with E-state index < -0.39 is 5.79 Å². The molecule has 1 aromatic heterocycles. The van der Waals surface area contributed by atoms with Crippen LogP contribution in [0.2, 0.25) is 0 Å². The van der Waals surface area contributed by atoms with E-state index in [-0.39, 0.29) is 12.2 Å². The van der Waals surface area contributed by atoms with E-state index in [0.29, 0.717) is 32.8 Å². The maximum Gasteiger partial charge on any atom is 0.198 e. The molecule has 0 radical (unpaired) electrons. The van der Waals surface area contributed by atoms with Gasteiger partial charge in [0, 0.05) is 37.4 Å². The summed E-state index contributed by atoms with van der Waals surface area (Å²) in [5.41, 5.74) is 4.68. The molecule has 3 heterocycles. The van der Waals surface area contributed by atoms with Crippen molar-refractivity contribution in [3.8, 4) is 0 Å². The number of fused-ring (bicyclic) bond motifs is 3. The number of thiophene rings is 1. The van der Waals surface area contributed by atoms with Gasteiger partial charge in [0.15, 0.2) is 5.79 Å². The molecule has 35 heavy (non-hydrogen) atoms. The summed E-state index contributed by atoms with van der Waals surface area (Å²) in [7, 11) is 0. The van der Waals surface area contributed by atoms with Gasteiger partial charge in [0.05, 0.1) is 38.6 Å². The molecular weight excluding hydrogens is 571 g/mol. The van der Waals surface area contributed by atoms with Crippen LogP contribution in [0.3, 0.4) is 0 Å². The van der Waals surface area contributed by atoms with Crippen molar-refractivity contribution in [3.05, 3.63) is 104 Å². The Balaban J connectivity index is 1.24. The lowest BCUT2D eigenvalue weighted by atomic mass is 9.91. The van der Waals surface area contributed by atoms with Gasteiger partial charge in [-0.25, -0.2) is 0 Å². The van der Waals surface area contributed by atoms with Gasteiger partial charge < -0.3 is 18.9 Å². The van der Waals surface area contributed by atoms with Crippen molar-refractivity contribution in [3.63, 3.8) is 0 Å². The number of halogens is 1. The quantitative estimate of drug-likeness (QED) is 0.212. The maximum absolute atomic E-state index is 6.72. The van der Waals surface area contributed by atoms with Gasteiger partial charge in [0.25, 0.3) is 0 Å². The minimum absolute atomic E-state index is 0.0116. The summed E-state index contributed by atoms with van der Waals surface area (Å²) < 4.78 is 28.3. The second kappa shape index (κ2) is 10.3. The molecule has 0 N–H and O–H groups in total. The van der Waals surface area contributed by atoms with Gasteiger partial charge in [0.2, 0.25) is 0 Å². The molecule has 0 saturated carbocycles. The molecule has 1 saturated heterocycles. The van der Waals surface area contributed by atoms with Gasteiger partial charge in [-0.1, -0.05) is 60.7 Å². The fourth-order valence-electron chi connectivity index (χ4n) is 5.04. The Morgan fingerprint density at radius 1 is 0.971 bits per heavy atom. The van der Waals surface area contributed by atoms with Crippen molar-refractivity contribution < 1.29 is 18.9 Å². The minimum Gasteiger partial charge on any atom is -0.374 e. The fraction of sp³-hybridized carbons (Fsp3) is 0.310. The van der Waals surface area contributed by atoms with Crippen molar-refractivity contribution in [2.45, 2.75) is 50.7 Å². The second-order valence-electron chi connectivity index (χ2n) is 9.23. The Morgan fingerprint density at radius 2 is 1.71 bits per heavy atom. The first-order valence-electron chi connectivity index (χ1n) is 12.0. The molecule has 4 nitrogen and oxygen atoms in total. The highest BCUT2D eigenvalue weighted by atomic mass is 127. The molecule has 3 atom stereocenters. The molecule has 1 fully saturated rings. The summed E-state index contributed by atoms with van der Waals surface area (Å²) in [6, 6.07) is 25.1. The van der Waals surface area contributed by atoms with Crippen LogP contribution in [0.15, 0.2) is 78.2 Å². The van der Waals surface area contributed by atoms with E-state index in [4.69, 9.17) is 18.9 Å². The van der Waals surface area contributed by atoms with E-state index in [2.05, 4.69) is 76.5 Å². The summed E-state index contributed by atoms with van der Waals surface area (Å²) in [4.78, 5) is 0. The molecule has 180 valence electrons. The highest BCUT2D eigenvalue weighted by Crippen LogP contribution is 2.48. The lowest BCUT2D eigenvalue weighted by Gasteiger charge is -2.42. The molecule has 0 aliphatic carbocycles. The van der Waals surface area contributed by atoms with Crippen molar-refractivity contribution in [2.75, 3.05) is 6.61 Å². The van der Waals surface area contributed by atoms with Gasteiger partial charge in [-0.3, -0.25) is 0 Å². The summed E-state index contributed by atoms with van der Waals surface area (Å²) in [6.07, 6.45) is 1.35. The van der Waals surface area contributed by atoms with Crippen LogP contribution in [0.4, 0.5) is 0 Å². The van der Waals surface area contributed by atoms with Crippen LogP contribution >= 0.6 is 33.9 Å². The average molecular weight is 599 g/mol. The molecule has 6 heteroatoms. The Labute approximate surface area is 223 Å². The van der Waals surface area contributed by atoms with E-state index in [1.54, 1.807) is 11.3 Å². The second-order valence-corrected chi connectivity index (χ2v) is 11.3. The molecule has 2 aliphatic heterocycles. The molecule has 6 rings (SSSR count). The topological polar surface area (TPSA) is 36.9 Å². The standard InChI is InChI=1S/C29H27IO4S/c30-27-19-35-28-11-22-17-33-29(26(22)13-25(27)28)14-23(32-16-21-9-5-2-6-10-21)12-24(34-29)18-31-15-20-7-3-1-4-8-20/h1-11,13,19,23-24H,12,14-18H2/t23?,24-,29+/m0/s1. The van der Waals surface area contributed by atoms with Crippen LogP contribution in [0.1, 0.15) is 35.1 Å². The fourth-order valence-corrected chi connectivity index (χ4v) is 6.91. The van der Waals surface area contributed by atoms with Crippen LogP contribution in [0, 0.1) is 3.57 Å². The van der Waals surface area contributed by atoms with Crippen molar-refractivity contribution in [1.82, 2.24) is 0 Å². The van der Waals surface area contributed by atoms with Gasteiger partial charge in [-0.05, 0) is 51.4 Å². The van der Waals surface area contributed by atoms with Gasteiger partial charge >= 0.3 is 0 Å². The number of ether oxygens (including phenoxy) is 4. The van der Waals surface area contributed by atoms with Gasteiger partial charge in [0.1, 0.15) is 0 Å². The Morgan fingerprint density at radius 3 is 2.49 bits per heavy atom. The van der Waals surface area contributed by atoms with E-state index >= 15 is 0 Å². The molecule has 2 aliphatic rings.